The fraction of sp³-hybridized carbons (Fsp3) is 0.588. The van der Waals surface area contributed by atoms with Gasteiger partial charge in [0.1, 0.15) is 0 Å². The molecule has 2 aromatic heterocycles. The van der Waals surface area contributed by atoms with Gasteiger partial charge in [-0.15, -0.1) is 23.7 Å². The number of carbonyl (C=O) groups excluding carboxylic acids is 1. The van der Waals surface area contributed by atoms with Crippen molar-refractivity contribution in [2.45, 2.75) is 32.1 Å². The van der Waals surface area contributed by atoms with Gasteiger partial charge in [-0.2, -0.15) is 4.98 Å². The minimum atomic E-state index is 0. The Morgan fingerprint density at radius 3 is 2.92 bits per heavy atom. The van der Waals surface area contributed by atoms with Crippen LogP contribution in [0.5, 0.6) is 0 Å². The fourth-order valence-electron chi connectivity index (χ4n) is 3.09. The summed E-state index contributed by atoms with van der Waals surface area (Å²) in [6, 6.07) is 3.94. The topological polar surface area (TPSA) is 71.3 Å². The Morgan fingerprint density at radius 1 is 1.44 bits per heavy atom. The number of nitrogens with one attached hydrogen (secondary N) is 1. The predicted molar refractivity (Wildman–Crippen MR) is 101 cm³/mol. The fourth-order valence-corrected chi connectivity index (χ4v) is 3.74. The van der Waals surface area contributed by atoms with Crippen molar-refractivity contribution in [1.29, 1.82) is 0 Å². The summed E-state index contributed by atoms with van der Waals surface area (Å²) in [5.74, 6) is 2.20. The molecule has 0 radical (unpaired) electrons. The highest BCUT2D eigenvalue weighted by molar-refractivity contribution is 7.13. The SMILES string of the molecule is CNCC1CCN(C(=O)CCCc2nc(-c3cccs3)no2)CC1.Cl. The van der Waals surface area contributed by atoms with Gasteiger partial charge in [-0.1, -0.05) is 11.2 Å². The van der Waals surface area contributed by atoms with Gasteiger partial charge < -0.3 is 14.7 Å². The van der Waals surface area contributed by atoms with E-state index in [4.69, 9.17) is 4.52 Å². The van der Waals surface area contributed by atoms with Crippen molar-refractivity contribution in [2.24, 2.45) is 5.92 Å². The van der Waals surface area contributed by atoms with E-state index in [1.165, 1.54) is 0 Å². The van der Waals surface area contributed by atoms with Gasteiger partial charge in [0.25, 0.3) is 0 Å². The number of amides is 1. The van der Waals surface area contributed by atoms with E-state index in [0.717, 1.165) is 43.8 Å². The van der Waals surface area contributed by atoms with Gasteiger partial charge in [0, 0.05) is 25.9 Å². The smallest absolute Gasteiger partial charge is 0.226 e. The molecule has 3 rings (SSSR count). The van der Waals surface area contributed by atoms with Crippen LogP contribution in [0.1, 0.15) is 31.6 Å². The Balaban J connectivity index is 0.00000225. The van der Waals surface area contributed by atoms with Gasteiger partial charge in [0.2, 0.25) is 17.6 Å². The summed E-state index contributed by atoms with van der Waals surface area (Å²) >= 11 is 1.59. The molecule has 1 aliphatic heterocycles. The zero-order valence-corrected chi connectivity index (χ0v) is 16.1. The molecule has 3 heterocycles. The summed E-state index contributed by atoms with van der Waals surface area (Å²) in [6.07, 6.45) is 4.15. The number of likely N-dealkylation sites (tertiary alicyclic amines) is 1. The van der Waals surface area contributed by atoms with Crippen molar-refractivity contribution in [3.63, 3.8) is 0 Å². The average molecular weight is 385 g/mol. The van der Waals surface area contributed by atoms with Crippen molar-refractivity contribution < 1.29 is 9.32 Å². The molecule has 0 atom stereocenters. The van der Waals surface area contributed by atoms with Crippen LogP contribution < -0.4 is 5.32 Å². The second kappa shape index (κ2) is 9.89. The van der Waals surface area contributed by atoms with Crippen LogP contribution >= 0.6 is 23.7 Å². The lowest BCUT2D eigenvalue weighted by atomic mass is 9.96. The Hall–Kier alpha value is -1.44. The molecule has 1 N–H and O–H groups in total. The van der Waals surface area contributed by atoms with Crippen LogP contribution in [0.25, 0.3) is 10.7 Å². The molecule has 1 amide bonds. The van der Waals surface area contributed by atoms with Gasteiger partial charge in [0.15, 0.2) is 0 Å². The Kier molecular flexibility index (Phi) is 7.87. The van der Waals surface area contributed by atoms with Crippen LogP contribution in [0.2, 0.25) is 0 Å². The van der Waals surface area contributed by atoms with E-state index in [2.05, 4.69) is 15.5 Å². The minimum Gasteiger partial charge on any atom is -0.343 e. The van der Waals surface area contributed by atoms with E-state index in [1.807, 2.05) is 29.5 Å². The first-order chi connectivity index (χ1) is 11.8. The summed E-state index contributed by atoms with van der Waals surface area (Å²) in [5, 5.41) is 9.20. The maximum atomic E-state index is 12.3. The second-order valence-corrected chi connectivity index (χ2v) is 7.17. The van der Waals surface area contributed by atoms with Crippen molar-refractivity contribution in [1.82, 2.24) is 20.4 Å². The number of nitrogens with zero attached hydrogens (tertiary/aromatic N) is 3. The number of aromatic nitrogens is 2. The first-order valence-corrected chi connectivity index (χ1v) is 9.43. The van der Waals surface area contributed by atoms with E-state index >= 15 is 0 Å². The van der Waals surface area contributed by atoms with Crippen LogP contribution in [-0.2, 0) is 11.2 Å². The van der Waals surface area contributed by atoms with Gasteiger partial charge in [0.05, 0.1) is 4.88 Å². The lowest BCUT2D eigenvalue weighted by molar-refractivity contribution is -0.132. The number of hydrogen-bond donors (Lipinski definition) is 1. The summed E-state index contributed by atoms with van der Waals surface area (Å²) in [6.45, 7) is 2.81. The lowest BCUT2D eigenvalue weighted by Gasteiger charge is -2.32. The van der Waals surface area contributed by atoms with Crippen molar-refractivity contribution in [2.75, 3.05) is 26.7 Å². The maximum absolute atomic E-state index is 12.3. The molecular formula is C17H25ClN4O2S. The zero-order chi connectivity index (χ0) is 16.8. The van der Waals surface area contributed by atoms with Crippen LogP contribution in [0, 0.1) is 5.92 Å². The molecule has 0 bridgehead atoms. The summed E-state index contributed by atoms with van der Waals surface area (Å²) < 4.78 is 5.27. The summed E-state index contributed by atoms with van der Waals surface area (Å²) in [4.78, 5) is 19.7. The highest BCUT2D eigenvalue weighted by Gasteiger charge is 2.22. The highest BCUT2D eigenvalue weighted by atomic mass is 35.5. The molecule has 1 saturated heterocycles. The monoisotopic (exact) mass is 384 g/mol. The standard InChI is InChI=1S/C17H24N4O2S.ClH/c1-18-12-13-7-9-21(10-8-13)16(22)6-2-5-15-19-17(20-23-15)14-4-3-11-24-14;/h3-4,11,13,18H,2,5-10,12H2,1H3;1H. The van der Waals surface area contributed by atoms with E-state index in [-0.39, 0.29) is 18.3 Å². The maximum Gasteiger partial charge on any atom is 0.226 e. The number of carbonyl (C=O) groups is 1. The third-order valence-corrected chi connectivity index (χ3v) is 5.32. The molecule has 6 nitrogen and oxygen atoms in total. The number of thiophene rings is 1. The zero-order valence-electron chi connectivity index (χ0n) is 14.4. The number of aryl methyl sites for hydroxylation is 1. The molecule has 8 heteroatoms. The van der Waals surface area contributed by atoms with Crippen molar-refractivity contribution >= 4 is 29.7 Å². The molecule has 0 spiro atoms. The number of piperidine rings is 1. The van der Waals surface area contributed by atoms with Crippen LogP contribution in [0.3, 0.4) is 0 Å². The van der Waals surface area contributed by atoms with E-state index in [1.54, 1.807) is 11.3 Å². The Bertz CT molecular complexity index is 639. The van der Waals surface area contributed by atoms with Crippen LogP contribution in [0.4, 0.5) is 0 Å². The third-order valence-electron chi connectivity index (χ3n) is 4.45. The molecule has 25 heavy (non-hydrogen) atoms. The van der Waals surface area contributed by atoms with Gasteiger partial charge in [-0.3, -0.25) is 4.79 Å². The second-order valence-electron chi connectivity index (χ2n) is 6.22. The van der Waals surface area contributed by atoms with Gasteiger partial charge >= 0.3 is 0 Å². The van der Waals surface area contributed by atoms with E-state index in [0.29, 0.717) is 30.5 Å². The largest absolute Gasteiger partial charge is 0.343 e. The Morgan fingerprint density at radius 2 is 2.24 bits per heavy atom. The molecule has 2 aromatic rings. The summed E-state index contributed by atoms with van der Waals surface area (Å²) in [5.41, 5.74) is 0. The van der Waals surface area contributed by atoms with Gasteiger partial charge in [-0.25, -0.2) is 0 Å². The van der Waals surface area contributed by atoms with Gasteiger partial charge in [-0.05, 0) is 50.2 Å². The van der Waals surface area contributed by atoms with E-state index < -0.39 is 0 Å². The third kappa shape index (κ3) is 5.52. The minimum absolute atomic E-state index is 0. The normalized spacial score (nSPS) is 15.2. The quantitative estimate of drug-likeness (QED) is 0.794. The van der Waals surface area contributed by atoms with Crippen LogP contribution in [-0.4, -0.2) is 47.6 Å². The lowest BCUT2D eigenvalue weighted by Crippen LogP contribution is -2.40. The predicted octanol–water partition coefficient (Wildman–Crippen LogP) is 3.00. The molecule has 0 unspecified atom stereocenters. The van der Waals surface area contributed by atoms with Crippen molar-refractivity contribution in [3.05, 3.63) is 23.4 Å². The molecule has 1 fully saturated rings. The average Bonchev–Trinajstić information content (AvgIpc) is 3.27. The van der Waals surface area contributed by atoms with Crippen LogP contribution in [0.15, 0.2) is 22.0 Å². The highest BCUT2D eigenvalue weighted by Crippen LogP contribution is 2.22. The molecule has 138 valence electrons. The number of hydrogen-bond acceptors (Lipinski definition) is 6. The first-order valence-electron chi connectivity index (χ1n) is 8.55. The molecule has 0 aromatic carbocycles. The molecular weight excluding hydrogens is 360 g/mol. The number of halogens is 1. The first kappa shape index (κ1) is 19.9. The molecule has 1 aliphatic rings. The van der Waals surface area contributed by atoms with Crippen molar-refractivity contribution in [3.8, 4) is 10.7 Å². The molecule has 0 aliphatic carbocycles. The molecule has 0 saturated carbocycles. The van der Waals surface area contributed by atoms with E-state index in [9.17, 15) is 4.79 Å². The summed E-state index contributed by atoms with van der Waals surface area (Å²) in [7, 11) is 1.99. The number of rotatable bonds is 7. The Labute approximate surface area is 158 Å².